The van der Waals surface area contributed by atoms with Gasteiger partial charge in [-0.3, -0.25) is 0 Å². The molecule has 0 aliphatic rings. The van der Waals surface area contributed by atoms with Crippen LogP contribution in [0.25, 0.3) is 22.4 Å². The lowest BCUT2D eigenvalue weighted by atomic mass is 10.0. The van der Waals surface area contributed by atoms with Crippen LogP contribution in [0.2, 0.25) is 0 Å². The van der Waals surface area contributed by atoms with E-state index in [-0.39, 0.29) is 0 Å². The topological polar surface area (TPSA) is 74.6 Å². The van der Waals surface area contributed by atoms with Crippen molar-refractivity contribution in [3.8, 4) is 34.2 Å². The van der Waals surface area contributed by atoms with Gasteiger partial charge in [-0.1, -0.05) is 41.6 Å². The van der Waals surface area contributed by atoms with Crippen molar-refractivity contribution in [2.75, 3.05) is 7.11 Å². The largest absolute Gasteiger partial charge is 0.497 e. The molecule has 0 amide bonds. The molecule has 0 bridgehead atoms. The van der Waals surface area contributed by atoms with Crippen molar-refractivity contribution in [1.29, 1.82) is 5.26 Å². The smallest absolute Gasteiger partial charge is 0.163 e. The third kappa shape index (κ3) is 2.47. The number of methoxy groups -OCH3 is 1. The maximum absolute atomic E-state index is 8.98. The second-order valence-corrected chi connectivity index (χ2v) is 4.45. The van der Waals surface area contributed by atoms with Crippen LogP contribution in [0, 0.1) is 11.3 Å². The molecule has 0 saturated carbocycles. The van der Waals surface area contributed by atoms with Crippen molar-refractivity contribution in [3.63, 3.8) is 0 Å². The fraction of sp³-hybridized carbons (Fsp3) is 0.0625. The number of nitrogens with one attached hydrogen (secondary N) is 1. The number of hydrogen-bond acceptors (Lipinski definition) is 4. The number of hydrogen-bond donors (Lipinski definition) is 1. The molecule has 2 aromatic carbocycles. The molecule has 5 heteroatoms. The first-order valence-corrected chi connectivity index (χ1v) is 6.38. The van der Waals surface area contributed by atoms with Gasteiger partial charge in [-0.25, -0.2) is 5.10 Å². The number of nitrogens with zero attached hydrogens (tertiary/aromatic N) is 3. The van der Waals surface area contributed by atoms with Crippen LogP contribution in [-0.4, -0.2) is 22.5 Å². The average Bonchev–Trinajstić information content (AvgIpc) is 3.04. The highest BCUT2D eigenvalue weighted by Crippen LogP contribution is 2.26. The van der Waals surface area contributed by atoms with Crippen molar-refractivity contribution in [2.24, 2.45) is 0 Å². The third-order valence-corrected chi connectivity index (χ3v) is 3.24. The van der Waals surface area contributed by atoms with Crippen LogP contribution in [0.5, 0.6) is 5.75 Å². The first kappa shape index (κ1) is 12.9. The van der Waals surface area contributed by atoms with Gasteiger partial charge in [0, 0.05) is 5.56 Å². The molecule has 3 rings (SSSR count). The number of aromatic amines is 1. The van der Waals surface area contributed by atoms with Gasteiger partial charge in [0.25, 0.3) is 0 Å². The summed E-state index contributed by atoms with van der Waals surface area (Å²) >= 11 is 0. The van der Waals surface area contributed by atoms with E-state index in [2.05, 4.69) is 15.4 Å². The van der Waals surface area contributed by atoms with E-state index in [4.69, 9.17) is 10.00 Å². The predicted molar refractivity (Wildman–Crippen MR) is 78.5 cm³/mol. The minimum atomic E-state index is 0.368. The minimum Gasteiger partial charge on any atom is -0.497 e. The van der Waals surface area contributed by atoms with Crippen molar-refractivity contribution in [3.05, 3.63) is 54.2 Å². The Balaban J connectivity index is 1.92. The molecule has 1 N–H and O–H groups in total. The number of ether oxygens (including phenoxy) is 1. The van der Waals surface area contributed by atoms with Crippen molar-refractivity contribution in [2.45, 2.75) is 0 Å². The Kier molecular flexibility index (Phi) is 3.36. The lowest BCUT2D eigenvalue weighted by Gasteiger charge is -2.05. The molecule has 5 nitrogen and oxygen atoms in total. The number of H-pyrrole nitrogens is 1. The molecule has 3 aromatic rings. The third-order valence-electron chi connectivity index (χ3n) is 3.24. The molecular formula is C16H12N4O. The van der Waals surface area contributed by atoms with Crippen LogP contribution in [0.1, 0.15) is 5.69 Å². The normalized spacial score (nSPS) is 10.1. The van der Waals surface area contributed by atoms with Gasteiger partial charge in [-0.15, -0.1) is 5.10 Å². The Morgan fingerprint density at radius 2 is 1.52 bits per heavy atom. The summed E-state index contributed by atoms with van der Waals surface area (Å²) in [4.78, 5) is 0. The van der Waals surface area contributed by atoms with Gasteiger partial charge in [-0.2, -0.15) is 5.26 Å². The molecule has 0 unspecified atom stereocenters. The van der Waals surface area contributed by atoms with E-state index < -0.39 is 0 Å². The lowest BCUT2D eigenvalue weighted by Crippen LogP contribution is -1.85. The first-order chi connectivity index (χ1) is 10.3. The van der Waals surface area contributed by atoms with Crippen molar-refractivity contribution in [1.82, 2.24) is 15.4 Å². The van der Waals surface area contributed by atoms with Crippen LogP contribution in [0.3, 0.4) is 0 Å². The molecule has 0 saturated heterocycles. The zero-order valence-electron chi connectivity index (χ0n) is 11.4. The van der Waals surface area contributed by atoms with E-state index >= 15 is 0 Å². The van der Waals surface area contributed by atoms with Crippen LogP contribution in [-0.2, 0) is 0 Å². The van der Waals surface area contributed by atoms with Gasteiger partial charge < -0.3 is 4.74 Å². The number of rotatable bonds is 3. The zero-order chi connectivity index (χ0) is 14.7. The minimum absolute atomic E-state index is 0.368. The first-order valence-electron chi connectivity index (χ1n) is 6.38. The summed E-state index contributed by atoms with van der Waals surface area (Å²) < 4.78 is 5.15. The van der Waals surface area contributed by atoms with E-state index in [1.807, 2.05) is 54.6 Å². The molecule has 102 valence electrons. The number of aromatic nitrogens is 3. The summed E-state index contributed by atoms with van der Waals surface area (Å²) in [6, 6.07) is 17.7. The molecule has 0 fully saturated rings. The molecule has 1 heterocycles. The van der Waals surface area contributed by atoms with E-state index in [1.54, 1.807) is 7.11 Å². The quantitative estimate of drug-likeness (QED) is 0.798. The summed E-state index contributed by atoms with van der Waals surface area (Å²) in [6.07, 6.45) is 0. The highest BCUT2D eigenvalue weighted by atomic mass is 16.5. The predicted octanol–water partition coefficient (Wildman–Crippen LogP) is 3.02. The van der Waals surface area contributed by atoms with Crippen molar-refractivity contribution >= 4 is 0 Å². The molecule has 21 heavy (non-hydrogen) atoms. The van der Waals surface area contributed by atoms with E-state index in [9.17, 15) is 0 Å². The van der Waals surface area contributed by atoms with Crippen LogP contribution < -0.4 is 4.74 Å². The Hall–Kier alpha value is -3.13. The molecule has 1 aromatic heterocycles. The Labute approximate surface area is 121 Å². The van der Waals surface area contributed by atoms with E-state index in [0.717, 1.165) is 22.4 Å². The van der Waals surface area contributed by atoms with Crippen LogP contribution in [0.4, 0.5) is 0 Å². The summed E-state index contributed by atoms with van der Waals surface area (Å²) in [5.41, 5.74) is 3.98. The second kappa shape index (κ2) is 5.47. The monoisotopic (exact) mass is 276 g/mol. The average molecular weight is 276 g/mol. The van der Waals surface area contributed by atoms with E-state index in [1.165, 1.54) is 0 Å². The van der Waals surface area contributed by atoms with Gasteiger partial charge in [0.15, 0.2) is 5.69 Å². The molecule has 0 aliphatic heterocycles. The Morgan fingerprint density at radius 3 is 2.10 bits per heavy atom. The van der Waals surface area contributed by atoms with Gasteiger partial charge in [0.2, 0.25) is 0 Å². The Bertz CT molecular complexity index is 782. The van der Waals surface area contributed by atoms with Crippen LogP contribution >= 0.6 is 0 Å². The standard InChI is InChI=1S/C16H12N4O/c1-21-14-8-6-12(7-9-14)11-2-4-13(5-3-11)16-15(10-17)18-20-19-16/h2-9H,1H3,(H,18,19,20). The molecule has 0 spiro atoms. The highest BCUT2D eigenvalue weighted by Gasteiger charge is 2.09. The van der Waals surface area contributed by atoms with Gasteiger partial charge >= 0.3 is 0 Å². The zero-order valence-corrected chi connectivity index (χ0v) is 11.4. The molecule has 0 atom stereocenters. The SMILES string of the molecule is COc1ccc(-c2ccc(-c3nn[nH]c3C#N)cc2)cc1. The summed E-state index contributed by atoms with van der Waals surface area (Å²) in [6.45, 7) is 0. The van der Waals surface area contributed by atoms with E-state index in [0.29, 0.717) is 11.4 Å². The maximum atomic E-state index is 8.98. The second-order valence-electron chi connectivity index (χ2n) is 4.45. The van der Waals surface area contributed by atoms with Gasteiger partial charge in [0.1, 0.15) is 17.5 Å². The summed E-state index contributed by atoms with van der Waals surface area (Å²) in [7, 11) is 1.65. The van der Waals surface area contributed by atoms with Crippen LogP contribution in [0.15, 0.2) is 48.5 Å². The maximum Gasteiger partial charge on any atom is 0.163 e. The summed E-state index contributed by atoms with van der Waals surface area (Å²) in [5, 5.41) is 19.1. The summed E-state index contributed by atoms with van der Waals surface area (Å²) in [5.74, 6) is 0.830. The fourth-order valence-corrected chi connectivity index (χ4v) is 2.11. The van der Waals surface area contributed by atoms with Gasteiger partial charge in [0.05, 0.1) is 7.11 Å². The lowest BCUT2D eigenvalue weighted by molar-refractivity contribution is 0.415. The molecule has 0 aliphatic carbocycles. The number of benzene rings is 2. The highest BCUT2D eigenvalue weighted by molar-refractivity contribution is 5.70. The molecular weight excluding hydrogens is 264 g/mol. The molecule has 0 radical (unpaired) electrons. The van der Waals surface area contributed by atoms with Crippen molar-refractivity contribution < 1.29 is 4.74 Å². The van der Waals surface area contributed by atoms with Gasteiger partial charge in [-0.05, 0) is 23.3 Å². The Morgan fingerprint density at radius 1 is 0.952 bits per heavy atom. The number of nitriles is 1. The fourth-order valence-electron chi connectivity index (χ4n) is 2.11.